The van der Waals surface area contributed by atoms with Gasteiger partial charge < -0.3 is 59.1 Å². The molecule has 0 aliphatic carbocycles. The number of rotatable bonds is 28. The number of hydrogen-bond donors (Lipinski definition) is 12. The SMILES string of the molecule is CC[C@H](C)[C@H](NC(=O)CNC(=O)c1ccccc1N)C(=O)N[C@H](C(=O)N[C@@H](CCCNC(=N)N)C(=O)N[C@@H](C)C(=O)N[C@@H](CCCCNc1ccc([N+](=O)[O-])cc1[N+](=O)[O-])C(=O)O)C(C)C. The number of aliphatic carboxylic acids is 1. The molecule has 0 aromatic heterocycles. The average molecular weight is 928 g/mol. The molecule has 0 saturated carbocycles. The van der Waals surface area contributed by atoms with Gasteiger partial charge in [-0.3, -0.25) is 54.4 Å². The molecule has 0 saturated heterocycles. The number of guanidine groups is 1. The lowest BCUT2D eigenvalue weighted by molar-refractivity contribution is -0.393. The minimum atomic E-state index is -1.40. The third-order valence-corrected chi connectivity index (χ3v) is 10.3. The second-order valence-corrected chi connectivity index (χ2v) is 15.7. The number of para-hydroxylation sites is 1. The van der Waals surface area contributed by atoms with Crippen molar-refractivity contribution < 1.29 is 48.5 Å². The molecule has 0 aliphatic heterocycles. The Kier molecular flexibility index (Phi) is 22.2. The van der Waals surface area contributed by atoms with Crippen molar-refractivity contribution in [3.8, 4) is 0 Å². The summed E-state index contributed by atoms with van der Waals surface area (Å²) in [6.45, 7) is 7.87. The van der Waals surface area contributed by atoms with E-state index in [0.717, 1.165) is 12.1 Å². The lowest BCUT2D eigenvalue weighted by atomic mass is 9.96. The first-order valence-electron chi connectivity index (χ1n) is 21.2. The van der Waals surface area contributed by atoms with Crippen LogP contribution in [-0.4, -0.2) is 112 Å². The smallest absolute Gasteiger partial charge is 0.326 e. The van der Waals surface area contributed by atoms with Gasteiger partial charge >= 0.3 is 5.97 Å². The van der Waals surface area contributed by atoms with Crippen LogP contribution in [0.4, 0.5) is 22.7 Å². The van der Waals surface area contributed by atoms with Crippen LogP contribution in [0.2, 0.25) is 0 Å². The van der Waals surface area contributed by atoms with Crippen LogP contribution >= 0.6 is 0 Å². The number of carboxylic acids is 1. The molecule has 66 heavy (non-hydrogen) atoms. The molecule has 25 nitrogen and oxygen atoms in total. The zero-order valence-corrected chi connectivity index (χ0v) is 37.4. The Labute approximate surface area is 380 Å². The van der Waals surface area contributed by atoms with Gasteiger partial charge in [0.1, 0.15) is 35.9 Å². The summed E-state index contributed by atoms with van der Waals surface area (Å²) in [6, 6.07) is 3.00. The maximum Gasteiger partial charge on any atom is 0.326 e. The van der Waals surface area contributed by atoms with E-state index in [4.69, 9.17) is 16.9 Å². The molecule has 0 bridgehead atoms. The Morgan fingerprint density at radius 3 is 1.97 bits per heavy atom. The van der Waals surface area contributed by atoms with E-state index in [0.29, 0.717) is 6.42 Å². The molecule has 0 heterocycles. The molecule has 2 aromatic rings. The molecule has 0 fully saturated rings. The number of hydrogen-bond acceptors (Lipinski definition) is 14. The number of nitro benzene ring substituents is 2. The van der Waals surface area contributed by atoms with Gasteiger partial charge in [0, 0.05) is 24.8 Å². The second-order valence-electron chi connectivity index (χ2n) is 15.7. The van der Waals surface area contributed by atoms with Crippen molar-refractivity contribution in [3.05, 3.63) is 68.3 Å². The maximum absolute atomic E-state index is 13.8. The van der Waals surface area contributed by atoms with E-state index in [2.05, 4.69) is 42.5 Å². The topological polar surface area (TPSA) is 398 Å². The van der Waals surface area contributed by atoms with Crippen molar-refractivity contribution >= 4 is 70.1 Å². The van der Waals surface area contributed by atoms with Crippen LogP contribution < -0.4 is 54.0 Å². The van der Waals surface area contributed by atoms with Crippen LogP contribution in [0.15, 0.2) is 42.5 Å². The van der Waals surface area contributed by atoms with Crippen LogP contribution in [0.5, 0.6) is 0 Å². The van der Waals surface area contributed by atoms with E-state index >= 15 is 0 Å². The number of nitro groups is 2. The minimum Gasteiger partial charge on any atom is -0.480 e. The zero-order chi connectivity index (χ0) is 49.7. The van der Waals surface area contributed by atoms with Crippen molar-refractivity contribution in [1.29, 1.82) is 5.41 Å². The Bertz CT molecular complexity index is 2090. The molecular weight excluding hydrogens is 867 g/mol. The average Bonchev–Trinajstić information content (AvgIpc) is 3.26. The van der Waals surface area contributed by atoms with Crippen molar-refractivity contribution in [2.45, 2.75) is 103 Å². The summed E-state index contributed by atoms with van der Waals surface area (Å²) in [6.07, 6.45) is 1.03. The van der Waals surface area contributed by atoms with E-state index in [9.17, 15) is 58.9 Å². The second kappa shape index (κ2) is 26.9. The highest BCUT2D eigenvalue weighted by molar-refractivity contribution is 6.01. The van der Waals surface area contributed by atoms with Gasteiger partial charge in [0.15, 0.2) is 5.96 Å². The molecular formula is C41H61N13O12. The molecule has 14 N–H and O–H groups in total. The number of nitrogen functional groups attached to an aromatic ring is 1. The van der Waals surface area contributed by atoms with E-state index in [1.807, 2.05) is 0 Å². The minimum absolute atomic E-state index is 0.0271. The van der Waals surface area contributed by atoms with Gasteiger partial charge in [0.2, 0.25) is 29.5 Å². The number of benzene rings is 2. The zero-order valence-electron chi connectivity index (χ0n) is 37.4. The van der Waals surface area contributed by atoms with Crippen LogP contribution in [0.25, 0.3) is 0 Å². The van der Waals surface area contributed by atoms with E-state index < -0.39 is 111 Å². The molecule has 6 amide bonds. The lowest BCUT2D eigenvalue weighted by Crippen LogP contribution is -2.60. The van der Waals surface area contributed by atoms with Gasteiger partial charge in [-0.25, -0.2) is 4.79 Å². The lowest BCUT2D eigenvalue weighted by Gasteiger charge is -2.29. The number of anilines is 2. The Morgan fingerprint density at radius 2 is 1.38 bits per heavy atom. The number of carbonyl (C=O) groups is 7. The van der Waals surface area contributed by atoms with E-state index in [-0.39, 0.29) is 68.1 Å². The van der Waals surface area contributed by atoms with Crippen LogP contribution in [-0.2, 0) is 28.8 Å². The monoisotopic (exact) mass is 927 g/mol. The predicted molar refractivity (Wildman–Crippen MR) is 242 cm³/mol. The number of non-ortho nitro benzene ring substituents is 1. The molecule has 2 aromatic carbocycles. The van der Waals surface area contributed by atoms with Crippen LogP contribution in [0.3, 0.4) is 0 Å². The highest BCUT2D eigenvalue weighted by Gasteiger charge is 2.34. The molecule has 0 unspecified atom stereocenters. The van der Waals surface area contributed by atoms with Crippen molar-refractivity contribution in [1.82, 2.24) is 37.2 Å². The number of unbranched alkanes of at least 4 members (excludes halogenated alkanes) is 1. The number of nitrogens with two attached hydrogens (primary N) is 2. The summed E-state index contributed by atoms with van der Waals surface area (Å²) in [5.74, 6) is -7.15. The van der Waals surface area contributed by atoms with E-state index in [1.54, 1.807) is 39.8 Å². The fourth-order valence-corrected chi connectivity index (χ4v) is 6.29. The van der Waals surface area contributed by atoms with Gasteiger partial charge in [0.25, 0.3) is 17.3 Å². The highest BCUT2D eigenvalue weighted by Crippen LogP contribution is 2.29. The first kappa shape index (κ1) is 54.5. The van der Waals surface area contributed by atoms with Crippen LogP contribution in [0.1, 0.15) is 83.5 Å². The van der Waals surface area contributed by atoms with Gasteiger partial charge in [0.05, 0.1) is 28.0 Å². The van der Waals surface area contributed by atoms with Crippen molar-refractivity contribution in [3.63, 3.8) is 0 Å². The summed E-state index contributed by atoms with van der Waals surface area (Å²) >= 11 is 0. The molecule has 0 radical (unpaired) electrons. The first-order valence-corrected chi connectivity index (χ1v) is 21.2. The summed E-state index contributed by atoms with van der Waals surface area (Å²) in [7, 11) is 0. The maximum atomic E-state index is 13.8. The summed E-state index contributed by atoms with van der Waals surface area (Å²) in [4.78, 5) is 113. The van der Waals surface area contributed by atoms with Crippen molar-refractivity contribution in [2.24, 2.45) is 17.6 Å². The third-order valence-electron chi connectivity index (χ3n) is 10.3. The number of carboxylic acid groups (broad SMARTS) is 1. The third kappa shape index (κ3) is 17.9. The molecule has 362 valence electrons. The van der Waals surface area contributed by atoms with Gasteiger partial charge in [-0.15, -0.1) is 0 Å². The van der Waals surface area contributed by atoms with Crippen LogP contribution in [0, 0.1) is 37.5 Å². The molecule has 0 aliphatic rings. The molecule has 0 spiro atoms. The first-order chi connectivity index (χ1) is 31.1. The molecule has 6 atom stereocenters. The number of carbonyl (C=O) groups excluding carboxylic acids is 6. The molecule has 2 rings (SSSR count). The van der Waals surface area contributed by atoms with Gasteiger partial charge in [-0.1, -0.05) is 46.2 Å². The quantitative estimate of drug-likeness (QED) is 0.0139. The standard InChI is InChI=1S/C41H61N13O12/c1-6-23(4)34(51-32(55)21-47-36(57)26-12-7-8-13-27(26)42)39(60)52-33(22(2)3)38(59)49-29(15-11-19-46-41(43)44)37(58)48-24(5)35(56)50-30(40(61)62)14-9-10-18-45-28-17-16-25(53(63)64)20-31(28)54(65)66/h7-8,12-13,16-17,20,22-24,29-30,33-34,45H,6,9-11,14-15,18-19,21,42H2,1-5H3,(H,47,57)(H,48,58)(H,49,59)(H,50,56)(H,51,55)(H,52,60)(H,61,62)(H4,43,44,46)/t23-,24-,29-,30-,33-,34-/m0/s1. The van der Waals surface area contributed by atoms with Crippen molar-refractivity contribution in [2.75, 3.05) is 30.7 Å². The van der Waals surface area contributed by atoms with E-state index in [1.165, 1.54) is 25.1 Å². The Morgan fingerprint density at radius 1 is 0.742 bits per heavy atom. The van der Waals surface area contributed by atoms with Gasteiger partial charge in [-0.2, -0.15) is 0 Å². The van der Waals surface area contributed by atoms with Gasteiger partial charge in [-0.05, 0) is 69.1 Å². The summed E-state index contributed by atoms with van der Waals surface area (Å²) < 4.78 is 0. The molecule has 25 heteroatoms. The largest absolute Gasteiger partial charge is 0.480 e. The normalized spacial score (nSPS) is 13.5. The number of amides is 6. The highest BCUT2D eigenvalue weighted by atomic mass is 16.6. The number of nitrogens with zero attached hydrogens (tertiary/aromatic N) is 2. The predicted octanol–water partition coefficient (Wildman–Crippen LogP) is 0.591. The Hall–Kier alpha value is -7.60. The fraction of sp³-hybridized carbons (Fsp3) is 0.512. The fourth-order valence-electron chi connectivity index (χ4n) is 6.29. The Balaban J connectivity index is 2.10. The summed E-state index contributed by atoms with van der Waals surface area (Å²) in [5.41, 5.74) is 10.7. The number of nitrogens with one attached hydrogen (secondary N) is 9. The summed E-state index contributed by atoms with van der Waals surface area (Å²) in [5, 5.41) is 60.2.